The average Bonchev–Trinajstić information content (AvgIpc) is 3.16. The Morgan fingerprint density at radius 3 is 2.59 bits per heavy atom. The van der Waals surface area contributed by atoms with Crippen molar-refractivity contribution in [1.82, 2.24) is 4.90 Å². The average molecular weight is 412 g/mol. The first-order valence-electron chi connectivity index (χ1n) is 10.3. The highest BCUT2D eigenvalue weighted by molar-refractivity contribution is 6.31. The Hall–Kier alpha value is -2.37. The summed E-state index contributed by atoms with van der Waals surface area (Å²) in [4.78, 5) is 28.8. The van der Waals surface area contributed by atoms with Crippen molar-refractivity contribution < 1.29 is 9.59 Å². The van der Waals surface area contributed by atoms with Crippen LogP contribution in [0.2, 0.25) is 5.02 Å². The number of anilines is 2. The molecule has 29 heavy (non-hydrogen) atoms. The normalized spacial score (nSPS) is 20.1. The van der Waals surface area contributed by atoms with Gasteiger partial charge in [0.25, 0.3) is 0 Å². The molecule has 1 N–H and O–H groups in total. The molecule has 152 valence electrons. The number of amides is 2. The van der Waals surface area contributed by atoms with Gasteiger partial charge in [-0.05, 0) is 61.7 Å². The van der Waals surface area contributed by atoms with Gasteiger partial charge in [-0.2, -0.15) is 0 Å². The molecule has 0 spiro atoms. The van der Waals surface area contributed by atoms with Gasteiger partial charge in [-0.25, -0.2) is 0 Å². The predicted octanol–water partition coefficient (Wildman–Crippen LogP) is 4.32. The number of nitrogens with zero attached hydrogens (tertiary/aromatic N) is 2. The van der Waals surface area contributed by atoms with Crippen molar-refractivity contribution in [1.29, 1.82) is 0 Å². The second-order valence-corrected chi connectivity index (χ2v) is 8.26. The van der Waals surface area contributed by atoms with Gasteiger partial charge < -0.3 is 10.2 Å². The highest BCUT2D eigenvalue weighted by Gasteiger charge is 2.26. The van der Waals surface area contributed by atoms with Gasteiger partial charge in [0.05, 0.1) is 5.92 Å². The van der Waals surface area contributed by atoms with E-state index < -0.39 is 0 Å². The number of hydrogen-bond acceptors (Lipinski definition) is 3. The number of carbonyl (C=O) groups excluding carboxylic acids is 2. The minimum Gasteiger partial charge on any atom is -0.326 e. The molecule has 2 aromatic rings. The zero-order chi connectivity index (χ0) is 20.2. The highest BCUT2D eigenvalue weighted by Crippen LogP contribution is 2.25. The Morgan fingerprint density at radius 1 is 1.07 bits per heavy atom. The van der Waals surface area contributed by atoms with E-state index in [1.807, 2.05) is 48.5 Å². The van der Waals surface area contributed by atoms with E-state index in [0.29, 0.717) is 6.42 Å². The monoisotopic (exact) mass is 411 g/mol. The third kappa shape index (κ3) is 4.80. The molecule has 2 saturated heterocycles. The Bertz CT molecular complexity index is 884. The lowest BCUT2D eigenvalue weighted by atomic mass is 9.96. The molecular formula is C23H26ClN3O2. The van der Waals surface area contributed by atoms with E-state index in [1.54, 1.807) is 4.90 Å². The van der Waals surface area contributed by atoms with Gasteiger partial charge in [0.2, 0.25) is 11.8 Å². The number of likely N-dealkylation sites (tertiary alicyclic amines) is 1. The van der Waals surface area contributed by atoms with Crippen LogP contribution in [0.5, 0.6) is 0 Å². The Labute approximate surface area is 176 Å². The van der Waals surface area contributed by atoms with E-state index in [0.717, 1.165) is 67.4 Å². The zero-order valence-corrected chi connectivity index (χ0v) is 17.2. The molecule has 2 amide bonds. The van der Waals surface area contributed by atoms with Gasteiger partial charge in [0.15, 0.2) is 0 Å². The maximum atomic E-state index is 12.8. The highest BCUT2D eigenvalue weighted by atomic mass is 35.5. The SMILES string of the molecule is O=C(Nc1ccc(N2CCCC2=O)cc1)[C@@H]1CCCN(Cc2ccccc2Cl)C1. The number of rotatable bonds is 5. The van der Waals surface area contributed by atoms with Gasteiger partial charge in [0.1, 0.15) is 0 Å². The quantitative estimate of drug-likeness (QED) is 0.797. The standard InChI is InChI=1S/C23H26ClN3O2/c24-21-7-2-1-5-17(21)15-26-13-3-6-18(16-26)23(29)25-19-9-11-20(12-10-19)27-14-4-8-22(27)28/h1-2,5,7,9-12,18H,3-4,6,8,13-16H2,(H,25,29)/t18-/m1/s1. The molecule has 0 bridgehead atoms. The molecule has 0 aromatic heterocycles. The molecule has 0 saturated carbocycles. The summed E-state index contributed by atoms with van der Waals surface area (Å²) in [6.45, 7) is 3.25. The predicted molar refractivity (Wildman–Crippen MR) is 116 cm³/mol. The smallest absolute Gasteiger partial charge is 0.228 e. The number of halogens is 1. The summed E-state index contributed by atoms with van der Waals surface area (Å²) >= 11 is 6.29. The Balaban J connectivity index is 1.34. The maximum absolute atomic E-state index is 12.8. The van der Waals surface area contributed by atoms with Gasteiger partial charge in [-0.3, -0.25) is 14.5 Å². The number of piperidine rings is 1. The summed E-state index contributed by atoms with van der Waals surface area (Å²) in [7, 11) is 0. The molecule has 2 aliphatic heterocycles. The van der Waals surface area contributed by atoms with E-state index in [-0.39, 0.29) is 17.7 Å². The van der Waals surface area contributed by atoms with Gasteiger partial charge >= 0.3 is 0 Å². The van der Waals surface area contributed by atoms with Crippen LogP contribution in [0.4, 0.5) is 11.4 Å². The number of nitrogens with one attached hydrogen (secondary N) is 1. The summed E-state index contributed by atoms with van der Waals surface area (Å²) in [6.07, 6.45) is 3.42. The van der Waals surface area contributed by atoms with E-state index in [9.17, 15) is 9.59 Å². The van der Waals surface area contributed by atoms with E-state index in [2.05, 4.69) is 10.2 Å². The number of benzene rings is 2. The van der Waals surface area contributed by atoms with Crippen LogP contribution in [0.1, 0.15) is 31.2 Å². The molecule has 2 aliphatic rings. The molecule has 0 unspecified atom stereocenters. The summed E-state index contributed by atoms with van der Waals surface area (Å²) < 4.78 is 0. The number of hydrogen-bond donors (Lipinski definition) is 1. The summed E-state index contributed by atoms with van der Waals surface area (Å²) in [5.41, 5.74) is 2.77. The maximum Gasteiger partial charge on any atom is 0.228 e. The van der Waals surface area contributed by atoms with Crippen molar-refractivity contribution in [3.8, 4) is 0 Å². The summed E-state index contributed by atoms with van der Waals surface area (Å²) in [5.74, 6) is 0.188. The molecule has 0 aliphatic carbocycles. The van der Waals surface area contributed by atoms with Crippen LogP contribution in [0.15, 0.2) is 48.5 Å². The van der Waals surface area contributed by atoms with E-state index >= 15 is 0 Å². The molecule has 4 rings (SSSR count). The van der Waals surface area contributed by atoms with Crippen molar-refractivity contribution in [2.75, 3.05) is 29.9 Å². The largest absolute Gasteiger partial charge is 0.326 e. The van der Waals surface area contributed by atoms with Crippen molar-refractivity contribution in [2.24, 2.45) is 5.92 Å². The Kier molecular flexibility index (Phi) is 6.16. The minimum absolute atomic E-state index is 0.0360. The van der Waals surface area contributed by atoms with Crippen molar-refractivity contribution in [3.63, 3.8) is 0 Å². The first kappa shape index (κ1) is 19.9. The lowest BCUT2D eigenvalue weighted by molar-refractivity contribution is -0.121. The fourth-order valence-electron chi connectivity index (χ4n) is 4.17. The van der Waals surface area contributed by atoms with Crippen LogP contribution in [-0.4, -0.2) is 36.3 Å². The van der Waals surface area contributed by atoms with Crippen LogP contribution in [-0.2, 0) is 16.1 Å². The van der Waals surface area contributed by atoms with Gasteiger partial charge in [0, 0.05) is 42.5 Å². The van der Waals surface area contributed by atoms with Crippen molar-refractivity contribution >= 4 is 34.8 Å². The van der Waals surface area contributed by atoms with E-state index in [4.69, 9.17) is 11.6 Å². The van der Waals surface area contributed by atoms with Crippen LogP contribution >= 0.6 is 11.6 Å². The molecule has 5 nitrogen and oxygen atoms in total. The lowest BCUT2D eigenvalue weighted by Gasteiger charge is -2.32. The van der Waals surface area contributed by atoms with Crippen LogP contribution in [0.3, 0.4) is 0 Å². The molecule has 0 radical (unpaired) electrons. The van der Waals surface area contributed by atoms with Gasteiger partial charge in [-0.1, -0.05) is 29.8 Å². The molecule has 2 fully saturated rings. The molecule has 2 heterocycles. The zero-order valence-electron chi connectivity index (χ0n) is 16.4. The second kappa shape index (κ2) is 8.97. The minimum atomic E-state index is -0.0360. The molecule has 6 heteroatoms. The van der Waals surface area contributed by atoms with Gasteiger partial charge in [-0.15, -0.1) is 0 Å². The molecule has 2 aromatic carbocycles. The Morgan fingerprint density at radius 2 is 1.86 bits per heavy atom. The van der Waals surface area contributed by atoms with Crippen LogP contribution in [0, 0.1) is 5.92 Å². The summed E-state index contributed by atoms with van der Waals surface area (Å²) in [6, 6.07) is 15.4. The molecule has 1 atom stereocenters. The van der Waals surface area contributed by atoms with Crippen molar-refractivity contribution in [3.05, 3.63) is 59.1 Å². The van der Waals surface area contributed by atoms with E-state index in [1.165, 1.54) is 0 Å². The number of carbonyl (C=O) groups is 2. The lowest BCUT2D eigenvalue weighted by Crippen LogP contribution is -2.40. The van der Waals surface area contributed by atoms with Crippen LogP contribution in [0.25, 0.3) is 0 Å². The second-order valence-electron chi connectivity index (χ2n) is 7.85. The third-order valence-electron chi connectivity index (χ3n) is 5.75. The van der Waals surface area contributed by atoms with Crippen molar-refractivity contribution in [2.45, 2.75) is 32.2 Å². The summed E-state index contributed by atoms with van der Waals surface area (Å²) in [5, 5.41) is 3.82. The fraction of sp³-hybridized carbons (Fsp3) is 0.391. The first-order chi connectivity index (χ1) is 14.1. The third-order valence-corrected chi connectivity index (χ3v) is 6.12. The molecular weight excluding hydrogens is 386 g/mol. The fourth-order valence-corrected chi connectivity index (χ4v) is 4.37. The van der Waals surface area contributed by atoms with Crippen LogP contribution < -0.4 is 10.2 Å². The first-order valence-corrected chi connectivity index (χ1v) is 10.6. The topological polar surface area (TPSA) is 52.7 Å².